The molecule has 2 unspecified atom stereocenters. The van der Waals surface area contributed by atoms with Crippen LogP contribution in [0.1, 0.15) is 19.3 Å². The van der Waals surface area contributed by atoms with Crippen molar-refractivity contribution >= 4 is 17.5 Å². The lowest BCUT2D eigenvalue weighted by Crippen LogP contribution is -2.48. The lowest BCUT2D eigenvalue weighted by molar-refractivity contribution is -0.187. The van der Waals surface area contributed by atoms with Crippen LogP contribution < -0.4 is 14.8 Å². The van der Waals surface area contributed by atoms with E-state index in [0.29, 0.717) is 62.8 Å². The zero-order chi connectivity index (χ0) is 19.7. The van der Waals surface area contributed by atoms with Gasteiger partial charge in [0.15, 0.2) is 5.79 Å². The molecule has 2 saturated heterocycles. The summed E-state index contributed by atoms with van der Waals surface area (Å²) in [5.74, 6) is 0.0223. The van der Waals surface area contributed by atoms with Gasteiger partial charge in [-0.1, -0.05) is 0 Å². The zero-order valence-corrected chi connectivity index (χ0v) is 16.2. The minimum Gasteiger partial charge on any atom is -0.497 e. The molecular formula is C20H26N2O6. The summed E-state index contributed by atoms with van der Waals surface area (Å²) in [6, 6.07) is 5.20. The number of hydrogen-bond donors (Lipinski definition) is 1. The molecular weight excluding hydrogens is 364 g/mol. The number of nitrogens with zero attached hydrogens (tertiary/aromatic N) is 1. The molecule has 4 rings (SSSR count). The van der Waals surface area contributed by atoms with Gasteiger partial charge in [0.1, 0.15) is 11.5 Å². The first-order valence-corrected chi connectivity index (χ1v) is 9.65. The maximum atomic E-state index is 12.8. The average molecular weight is 390 g/mol. The molecule has 28 heavy (non-hydrogen) atoms. The Kier molecular flexibility index (Phi) is 5.16. The summed E-state index contributed by atoms with van der Waals surface area (Å²) in [6.07, 6.45) is 1.95. The number of nitrogens with one attached hydrogen (secondary N) is 1. The second kappa shape index (κ2) is 7.60. The van der Waals surface area contributed by atoms with E-state index < -0.39 is 5.79 Å². The van der Waals surface area contributed by atoms with Crippen molar-refractivity contribution in [2.75, 3.05) is 45.8 Å². The molecule has 3 aliphatic rings. The highest BCUT2D eigenvalue weighted by atomic mass is 16.7. The van der Waals surface area contributed by atoms with Crippen molar-refractivity contribution in [1.29, 1.82) is 0 Å². The van der Waals surface area contributed by atoms with Crippen molar-refractivity contribution in [3.8, 4) is 11.5 Å². The molecule has 3 fully saturated rings. The van der Waals surface area contributed by atoms with Crippen LogP contribution >= 0.6 is 0 Å². The molecule has 1 aliphatic carbocycles. The summed E-state index contributed by atoms with van der Waals surface area (Å²) in [6.45, 7) is 2.45. The monoisotopic (exact) mass is 390 g/mol. The van der Waals surface area contributed by atoms with Gasteiger partial charge in [-0.15, -0.1) is 0 Å². The van der Waals surface area contributed by atoms with Gasteiger partial charge in [-0.2, -0.15) is 0 Å². The summed E-state index contributed by atoms with van der Waals surface area (Å²) in [4.78, 5) is 27.2. The molecule has 1 aromatic rings. The molecule has 0 aromatic heterocycles. The van der Waals surface area contributed by atoms with Crippen molar-refractivity contribution in [3.63, 3.8) is 0 Å². The minimum atomic E-state index is -0.498. The quantitative estimate of drug-likeness (QED) is 0.823. The highest BCUT2D eigenvalue weighted by molar-refractivity contribution is 6.00. The van der Waals surface area contributed by atoms with Crippen LogP contribution in [0.2, 0.25) is 0 Å². The Morgan fingerprint density at radius 3 is 2.46 bits per heavy atom. The predicted octanol–water partition coefficient (Wildman–Crippen LogP) is 1.64. The number of carbonyl (C=O) groups excluding carboxylic acids is 2. The summed E-state index contributed by atoms with van der Waals surface area (Å²) < 4.78 is 21.9. The lowest BCUT2D eigenvalue weighted by Gasteiger charge is -2.37. The fourth-order valence-electron chi connectivity index (χ4n) is 3.97. The van der Waals surface area contributed by atoms with Crippen molar-refractivity contribution in [1.82, 2.24) is 4.90 Å². The normalized spacial score (nSPS) is 25.4. The van der Waals surface area contributed by atoms with Crippen LogP contribution in [-0.4, -0.2) is 63.0 Å². The van der Waals surface area contributed by atoms with Gasteiger partial charge < -0.3 is 29.2 Å². The topological polar surface area (TPSA) is 86.3 Å². The van der Waals surface area contributed by atoms with Gasteiger partial charge in [0.2, 0.25) is 11.8 Å². The summed E-state index contributed by atoms with van der Waals surface area (Å²) >= 11 is 0. The smallest absolute Gasteiger partial charge is 0.228 e. The number of hydrogen-bond acceptors (Lipinski definition) is 6. The SMILES string of the molecule is COc1ccc(NC(=O)C2CC2C(=O)N2CCC3(CC2)OCCO3)c(OC)c1. The molecule has 1 spiro atoms. The fourth-order valence-corrected chi connectivity index (χ4v) is 3.97. The summed E-state index contributed by atoms with van der Waals surface area (Å²) in [5, 5.41) is 2.87. The van der Waals surface area contributed by atoms with E-state index in [1.807, 2.05) is 4.90 Å². The Morgan fingerprint density at radius 1 is 1.11 bits per heavy atom. The molecule has 8 nitrogen and oxygen atoms in total. The largest absolute Gasteiger partial charge is 0.497 e. The molecule has 2 heterocycles. The molecule has 0 radical (unpaired) electrons. The van der Waals surface area contributed by atoms with E-state index in [2.05, 4.69) is 5.32 Å². The van der Waals surface area contributed by atoms with Crippen molar-refractivity contribution < 1.29 is 28.5 Å². The third-order valence-electron chi connectivity index (χ3n) is 5.76. The third-order valence-corrected chi connectivity index (χ3v) is 5.76. The Morgan fingerprint density at radius 2 is 1.82 bits per heavy atom. The van der Waals surface area contributed by atoms with Crippen LogP contribution in [0.3, 0.4) is 0 Å². The van der Waals surface area contributed by atoms with Crippen molar-refractivity contribution in [2.24, 2.45) is 11.8 Å². The number of methoxy groups -OCH3 is 2. The van der Waals surface area contributed by atoms with Crippen LogP contribution in [0.4, 0.5) is 5.69 Å². The molecule has 2 atom stereocenters. The number of likely N-dealkylation sites (tertiary alicyclic amines) is 1. The first-order valence-electron chi connectivity index (χ1n) is 9.65. The Hall–Kier alpha value is -2.32. The van der Waals surface area contributed by atoms with Crippen LogP contribution in [-0.2, 0) is 19.1 Å². The standard InChI is InChI=1S/C20H26N2O6/c1-25-13-3-4-16(17(11-13)26-2)21-18(23)14-12-15(14)19(24)22-7-5-20(6-8-22)27-9-10-28-20/h3-4,11,14-15H,5-10,12H2,1-2H3,(H,21,23). The van der Waals surface area contributed by atoms with Gasteiger partial charge in [-0.25, -0.2) is 0 Å². The highest BCUT2D eigenvalue weighted by Crippen LogP contribution is 2.43. The van der Waals surface area contributed by atoms with Gasteiger partial charge in [0.25, 0.3) is 0 Å². The molecule has 8 heteroatoms. The van der Waals surface area contributed by atoms with Crippen molar-refractivity contribution in [3.05, 3.63) is 18.2 Å². The maximum absolute atomic E-state index is 12.8. The number of anilines is 1. The van der Waals surface area contributed by atoms with Gasteiger partial charge >= 0.3 is 0 Å². The van der Waals surface area contributed by atoms with Crippen LogP contribution in [0, 0.1) is 11.8 Å². The second-order valence-electron chi connectivity index (χ2n) is 7.44. The van der Waals surface area contributed by atoms with E-state index in [0.717, 1.165) is 0 Å². The Bertz CT molecular complexity index is 751. The number of carbonyl (C=O) groups is 2. The van der Waals surface area contributed by atoms with Crippen LogP contribution in [0.25, 0.3) is 0 Å². The lowest BCUT2D eigenvalue weighted by atomic mass is 10.0. The number of ether oxygens (including phenoxy) is 4. The average Bonchev–Trinajstić information content (AvgIpc) is 3.41. The first-order chi connectivity index (χ1) is 13.5. The van der Waals surface area contributed by atoms with E-state index in [1.54, 1.807) is 25.3 Å². The van der Waals surface area contributed by atoms with Crippen LogP contribution in [0.5, 0.6) is 11.5 Å². The van der Waals surface area contributed by atoms with Gasteiger partial charge in [-0.3, -0.25) is 9.59 Å². The molecule has 1 saturated carbocycles. The summed E-state index contributed by atoms with van der Waals surface area (Å²) in [5.41, 5.74) is 0.571. The Balaban J connectivity index is 1.31. The van der Waals surface area contributed by atoms with Gasteiger partial charge in [-0.05, 0) is 18.6 Å². The molecule has 1 aromatic carbocycles. The number of benzene rings is 1. The number of piperidine rings is 1. The van der Waals surface area contributed by atoms with Crippen molar-refractivity contribution in [2.45, 2.75) is 25.0 Å². The number of amides is 2. The minimum absolute atomic E-state index is 0.0506. The second-order valence-corrected chi connectivity index (χ2v) is 7.44. The summed E-state index contributed by atoms with van der Waals surface area (Å²) in [7, 11) is 3.11. The highest BCUT2D eigenvalue weighted by Gasteiger charge is 2.51. The van der Waals surface area contributed by atoms with E-state index >= 15 is 0 Å². The Labute approximate surface area is 164 Å². The molecule has 2 amide bonds. The predicted molar refractivity (Wildman–Crippen MR) is 100 cm³/mol. The molecule has 0 bridgehead atoms. The van der Waals surface area contributed by atoms with E-state index in [1.165, 1.54) is 7.11 Å². The third kappa shape index (κ3) is 3.66. The first kappa shape index (κ1) is 19.0. The van der Waals surface area contributed by atoms with E-state index in [4.69, 9.17) is 18.9 Å². The number of rotatable bonds is 5. The maximum Gasteiger partial charge on any atom is 0.228 e. The van der Waals surface area contributed by atoms with Gasteiger partial charge in [0, 0.05) is 32.0 Å². The van der Waals surface area contributed by atoms with E-state index in [-0.39, 0.29) is 23.7 Å². The van der Waals surface area contributed by atoms with Gasteiger partial charge in [0.05, 0.1) is 45.0 Å². The molecule has 2 aliphatic heterocycles. The molecule has 1 N–H and O–H groups in total. The van der Waals surface area contributed by atoms with E-state index in [9.17, 15) is 9.59 Å². The zero-order valence-electron chi connectivity index (χ0n) is 16.2. The van der Waals surface area contributed by atoms with Crippen LogP contribution in [0.15, 0.2) is 18.2 Å². The fraction of sp³-hybridized carbons (Fsp3) is 0.600. The molecule has 152 valence electrons.